The minimum absolute atomic E-state index is 0. The smallest absolute Gasteiger partial charge is 0.666 e. The molecule has 0 radical (unpaired) electrons. The number of hydrogen-bond acceptors (Lipinski definition) is 4. The van der Waals surface area contributed by atoms with Crippen LogP contribution in [0.15, 0.2) is 30.3 Å². The normalized spacial score (nSPS) is 21.2. The fraction of sp³-hybridized carbons (Fsp3) is 0.500. The number of nitrogens with zero attached hydrogens (tertiary/aromatic N) is 1. The molecule has 2 N–H and O–H groups in total. The van der Waals surface area contributed by atoms with E-state index < -0.39 is 24.1 Å². The van der Waals surface area contributed by atoms with Crippen LogP contribution in [-0.2, 0) is 53.6 Å². The van der Waals surface area contributed by atoms with Gasteiger partial charge >= 0.3 is 38.8 Å². The Bertz CT molecular complexity index is 626. The average molecular weight is 435 g/mol. The molecule has 2 rings (SSSR count). The van der Waals surface area contributed by atoms with Gasteiger partial charge in [0.1, 0.15) is 12.6 Å². The van der Waals surface area contributed by atoms with Crippen molar-refractivity contribution in [3.63, 3.8) is 0 Å². The van der Waals surface area contributed by atoms with Gasteiger partial charge in [0, 0.05) is 6.54 Å². The predicted molar refractivity (Wildman–Crippen MR) is 92.5 cm³/mol. The SMILES string of the molecule is CC1CCCN(C(C)C([NH-])=O)C(=O)C1NC(=O)OCc1ccccc1.[Y+3]. The second-order valence-corrected chi connectivity index (χ2v) is 6.38. The topological polar surface area (TPSA) is 99.5 Å². The van der Waals surface area contributed by atoms with Crippen molar-refractivity contribution in [2.45, 2.75) is 45.4 Å². The predicted octanol–water partition coefficient (Wildman–Crippen LogP) is 2.50. The van der Waals surface area contributed by atoms with Crippen LogP contribution in [0.25, 0.3) is 5.73 Å². The number of rotatable bonds is 5. The first-order valence-electron chi connectivity index (χ1n) is 8.43. The van der Waals surface area contributed by atoms with E-state index in [0.717, 1.165) is 18.4 Å². The molecule has 1 saturated heterocycles. The summed E-state index contributed by atoms with van der Waals surface area (Å²) in [5.74, 6) is -1.22. The molecule has 0 bridgehead atoms. The van der Waals surface area contributed by atoms with Gasteiger partial charge < -0.3 is 25.5 Å². The number of alkyl carbamates (subject to hydrolysis) is 1. The maximum absolute atomic E-state index is 12.7. The third-order valence-corrected chi connectivity index (χ3v) is 4.51. The minimum atomic E-state index is -0.817. The molecule has 3 atom stereocenters. The minimum Gasteiger partial charge on any atom is -0.666 e. The molecule has 1 aliphatic rings. The molecule has 3 amide bonds. The van der Waals surface area contributed by atoms with Gasteiger partial charge in [-0.3, -0.25) is 4.79 Å². The molecule has 1 aliphatic heterocycles. The number of carbonyl (C=O) groups excluding carboxylic acids is 3. The molecule has 0 spiro atoms. The van der Waals surface area contributed by atoms with E-state index in [1.807, 2.05) is 37.3 Å². The fourth-order valence-electron chi connectivity index (χ4n) is 2.90. The Balaban J connectivity index is 0.00000338. The first-order chi connectivity index (χ1) is 11.9. The van der Waals surface area contributed by atoms with E-state index >= 15 is 0 Å². The van der Waals surface area contributed by atoms with Crippen molar-refractivity contribution >= 4 is 17.9 Å². The van der Waals surface area contributed by atoms with E-state index in [2.05, 4.69) is 5.32 Å². The molecular weight excluding hydrogens is 411 g/mol. The van der Waals surface area contributed by atoms with Gasteiger partial charge in [-0.05, 0) is 31.2 Å². The number of amides is 3. The van der Waals surface area contributed by atoms with Crippen LogP contribution in [0.2, 0.25) is 0 Å². The van der Waals surface area contributed by atoms with Gasteiger partial charge in [-0.25, -0.2) is 4.79 Å². The van der Waals surface area contributed by atoms with Crippen LogP contribution >= 0.6 is 0 Å². The quantitative estimate of drug-likeness (QED) is 0.768. The Kier molecular flexibility index (Phi) is 9.23. The molecule has 0 aliphatic carbocycles. The van der Waals surface area contributed by atoms with E-state index in [1.54, 1.807) is 0 Å². The van der Waals surface area contributed by atoms with E-state index in [1.165, 1.54) is 11.8 Å². The number of hydrogen-bond donors (Lipinski definition) is 1. The van der Waals surface area contributed by atoms with Crippen LogP contribution in [0.3, 0.4) is 0 Å². The first-order valence-corrected chi connectivity index (χ1v) is 8.43. The molecule has 3 unspecified atom stereocenters. The summed E-state index contributed by atoms with van der Waals surface area (Å²) in [4.78, 5) is 37.5. The summed E-state index contributed by atoms with van der Waals surface area (Å²) in [6, 6.07) is 7.69. The van der Waals surface area contributed by atoms with Crippen LogP contribution in [0, 0.1) is 5.92 Å². The Morgan fingerprint density at radius 1 is 1.35 bits per heavy atom. The Labute approximate surface area is 178 Å². The van der Waals surface area contributed by atoms with E-state index in [4.69, 9.17) is 10.5 Å². The molecule has 1 aromatic rings. The van der Waals surface area contributed by atoms with Crippen molar-refractivity contribution in [3.8, 4) is 0 Å². The molecule has 0 aromatic heterocycles. The summed E-state index contributed by atoms with van der Waals surface area (Å²) in [5, 5.41) is 2.63. The van der Waals surface area contributed by atoms with Crippen LogP contribution in [0.1, 0.15) is 32.3 Å². The maximum atomic E-state index is 12.7. The average Bonchev–Trinajstić information content (AvgIpc) is 2.73. The van der Waals surface area contributed by atoms with Crippen LogP contribution in [0.5, 0.6) is 0 Å². The zero-order valence-corrected chi connectivity index (χ0v) is 17.9. The third-order valence-electron chi connectivity index (χ3n) is 4.51. The summed E-state index contributed by atoms with van der Waals surface area (Å²) in [7, 11) is 0. The second-order valence-electron chi connectivity index (χ2n) is 6.38. The van der Waals surface area contributed by atoms with Crippen molar-refractivity contribution in [1.29, 1.82) is 0 Å². The molecule has 1 heterocycles. The molecule has 8 heteroatoms. The van der Waals surface area contributed by atoms with Gasteiger partial charge in [-0.15, -0.1) is 0 Å². The summed E-state index contributed by atoms with van der Waals surface area (Å²) in [6.45, 7) is 3.95. The van der Waals surface area contributed by atoms with Crippen LogP contribution in [0.4, 0.5) is 4.79 Å². The molecular formula is C18H24N3O4Y+2. The molecule has 7 nitrogen and oxygen atoms in total. The third kappa shape index (κ3) is 6.06. The van der Waals surface area contributed by atoms with Gasteiger partial charge in [0.25, 0.3) is 0 Å². The standard InChI is InChI=1S/C18H25N3O4.Y/c1-12-7-6-10-21(13(2)16(19)22)17(23)15(12)20-18(24)25-11-14-8-4-3-5-9-14;/h3-5,8-9,12-13,15H,6-7,10-11H2,1-2H3,(H3,19,20,22,24);/q;+3/p-1. The maximum Gasteiger partial charge on any atom is 3.00 e. The second kappa shape index (κ2) is 10.6. The molecule has 1 aromatic carbocycles. The van der Waals surface area contributed by atoms with Crippen molar-refractivity contribution in [2.75, 3.05) is 6.54 Å². The molecule has 1 fully saturated rings. The number of carbonyl (C=O) groups is 3. The zero-order valence-electron chi connectivity index (χ0n) is 15.1. The van der Waals surface area contributed by atoms with Gasteiger partial charge in [0.2, 0.25) is 5.91 Å². The number of likely N-dealkylation sites (tertiary alicyclic amines) is 1. The number of ether oxygens (including phenoxy) is 1. The van der Waals surface area contributed by atoms with Crippen molar-refractivity contribution in [1.82, 2.24) is 10.2 Å². The summed E-state index contributed by atoms with van der Waals surface area (Å²) in [5.41, 5.74) is 8.11. The van der Waals surface area contributed by atoms with Gasteiger partial charge in [-0.2, -0.15) is 0 Å². The van der Waals surface area contributed by atoms with E-state index in [9.17, 15) is 14.4 Å². The Morgan fingerprint density at radius 3 is 2.62 bits per heavy atom. The monoisotopic (exact) mass is 435 g/mol. The summed E-state index contributed by atoms with van der Waals surface area (Å²) >= 11 is 0. The van der Waals surface area contributed by atoms with Crippen LogP contribution in [-0.4, -0.2) is 41.4 Å². The Morgan fingerprint density at radius 2 is 2.00 bits per heavy atom. The van der Waals surface area contributed by atoms with Crippen molar-refractivity contribution < 1.29 is 51.8 Å². The zero-order chi connectivity index (χ0) is 18.4. The summed E-state index contributed by atoms with van der Waals surface area (Å²) < 4.78 is 5.19. The van der Waals surface area contributed by atoms with Crippen molar-refractivity contribution in [3.05, 3.63) is 41.6 Å². The Hall–Kier alpha value is -1.47. The fourth-order valence-corrected chi connectivity index (χ4v) is 2.90. The molecule has 136 valence electrons. The molecule has 0 saturated carbocycles. The molecule has 26 heavy (non-hydrogen) atoms. The first kappa shape index (κ1) is 22.6. The van der Waals surface area contributed by atoms with E-state index in [0.29, 0.717) is 6.54 Å². The number of benzene rings is 1. The number of nitrogens with one attached hydrogen (secondary N) is 2. The van der Waals surface area contributed by atoms with Gasteiger partial charge in [0.15, 0.2) is 0 Å². The van der Waals surface area contributed by atoms with Crippen LogP contribution < -0.4 is 5.32 Å². The van der Waals surface area contributed by atoms with E-state index in [-0.39, 0.29) is 51.1 Å². The van der Waals surface area contributed by atoms with Crippen molar-refractivity contribution in [2.24, 2.45) is 5.92 Å². The van der Waals surface area contributed by atoms with Gasteiger partial charge in [-0.1, -0.05) is 37.3 Å². The summed E-state index contributed by atoms with van der Waals surface area (Å²) in [6.07, 6.45) is 0.799. The largest absolute Gasteiger partial charge is 3.00 e. The van der Waals surface area contributed by atoms with Gasteiger partial charge in [0.05, 0.1) is 11.9 Å².